The summed E-state index contributed by atoms with van der Waals surface area (Å²) in [6, 6.07) is 8.22. The van der Waals surface area contributed by atoms with Crippen LogP contribution in [0, 0.1) is 5.92 Å². The van der Waals surface area contributed by atoms with Crippen molar-refractivity contribution in [1.29, 1.82) is 0 Å². The summed E-state index contributed by atoms with van der Waals surface area (Å²) < 4.78 is 1.47. The summed E-state index contributed by atoms with van der Waals surface area (Å²) in [6.45, 7) is 10.5. The van der Waals surface area contributed by atoms with E-state index < -0.39 is 0 Å². The fourth-order valence-electron chi connectivity index (χ4n) is 3.17. The van der Waals surface area contributed by atoms with Crippen molar-refractivity contribution in [3.8, 4) is 11.4 Å². The molecule has 1 amide bonds. The molecule has 146 valence electrons. The van der Waals surface area contributed by atoms with Crippen LogP contribution in [0.3, 0.4) is 0 Å². The molecule has 1 aliphatic rings. The molecule has 3 rings (SSSR count). The lowest BCUT2D eigenvalue weighted by Crippen LogP contribution is -2.39. The molecule has 7 heteroatoms. The quantitative estimate of drug-likeness (QED) is 0.643. The normalized spacial score (nSPS) is 15.9. The van der Waals surface area contributed by atoms with Gasteiger partial charge in [0.2, 0.25) is 11.1 Å². The smallest absolute Gasteiger partial charge is 0.233 e. The third-order valence-corrected chi connectivity index (χ3v) is 6.06. The number of nitrogens with two attached hydrogens (primary N) is 1. The van der Waals surface area contributed by atoms with Crippen LogP contribution >= 0.6 is 11.8 Å². The molecule has 0 spiro atoms. The molecule has 0 aliphatic carbocycles. The Balaban J connectivity index is 1.64. The van der Waals surface area contributed by atoms with Gasteiger partial charge >= 0.3 is 0 Å². The predicted molar refractivity (Wildman–Crippen MR) is 110 cm³/mol. The lowest BCUT2D eigenvalue weighted by molar-refractivity contribution is -0.129. The summed E-state index contributed by atoms with van der Waals surface area (Å²) in [5.41, 5.74) is 2.27. The van der Waals surface area contributed by atoms with Gasteiger partial charge in [-0.15, -0.1) is 10.2 Å². The van der Waals surface area contributed by atoms with Gasteiger partial charge in [0, 0.05) is 18.7 Å². The van der Waals surface area contributed by atoms with Crippen LogP contribution in [0.2, 0.25) is 0 Å². The number of thioether (sulfide) groups is 1. The van der Waals surface area contributed by atoms with Crippen LogP contribution in [0.5, 0.6) is 0 Å². The largest absolute Gasteiger partial charge is 0.342 e. The van der Waals surface area contributed by atoms with Crippen molar-refractivity contribution < 1.29 is 4.79 Å². The van der Waals surface area contributed by atoms with Crippen LogP contribution in [0.4, 0.5) is 0 Å². The first-order chi connectivity index (χ1) is 12.8. The molecule has 1 aromatic carbocycles. The number of amides is 1. The topological polar surface area (TPSA) is 77.0 Å². The molecule has 2 N–H and O–H groups in total. The first kappa shape index (κ1) is 19.7. The monoisotopic (exact) mass is 387 g/mol. The van der Waals surface area contributed by atoms with Gasteiger partial charge in [0.15, 0.2) is 5.82 Å². The number of nitrogens with zero attached hydrogens (tertiary/aromatic N) is 4. The average molecular weight is 388 g/mol. The van der Waals surface area contributed by atoms with E-state index in [1.807, 2.05) is 17.0 Å². The molecule has 6 nitrogen and oxygen atoms in total. The van der Waals surface area contributed by atoms with Crippen LogP contribution in [0.1, 0.15) is 46.1 Å². The SMILES string of the molecule is CC1CCN(C(=O)CSc2nnc(-c3ccc(C(C)(C)C)cc3)n2N)CC1. The number of hydrogen-bond donors (Lipinski definition) is 1. The third-order valence-electron chi connectivity index (χ3n) is 5.13. The van der Waals surface area contributed by atoms with Crippen molar-refractivity contribution in [1.82, 2.24) is 19.8 Å². The van der Waals surface area contributed by atoms with E-state index in [9.17, 15) is 4.79 Å². The molecular weight excluding hydrogens is 358 g/mol. The first-order valence-electron chi connectivity index (χ1n) is 9.47. The predicted octanol–water partition coefficient (Wildman–Crippen LogP) is 3.31. The molecule has 27 heavy (non-hydrogen) atoms. The van der Waals surface area contributed by atoms with Crippen molar-refractivity contribution in [3.05, 3.63) is 29.8 Å². The zero-order valence-corrected chi connectivity index (χ0v) is 17.4. The minimum absolute atomic E-state index is 0.0997. The number of hydrogen-bond acceptors (Lipinski definition) is 5. The van der Waals surface area contributed by atoms with Gasteiger partial charge in [0.1, 0.15) is 0 Å². The van der Waals surface area contributed by atoms with E-state index in [0.29, 0.717) is 22.7 Å². The van der Waals surface area contributed by atoms with E-state index in [1.165, 1.54) is 22.0 Å². The average Bonchev–Trinajstić information content (AvgIpc) is 3.00. The number of likely N-dealkylation sites (tertiary alicyclic amines) is 1. The maximum atomic E-state index is 12.4. The maximum Gasteiger partial charge on any atom is 0.233 e. The number of rotatable bonds is 4. The Hall–Kier alpha value is -2.02. The van der Waals surface area contributed by atoms with Crippen LogP contribution < -0.4 is 5.84 Å². The van der Waals surface area contributed by atoms with Crippen molar-refractivity contribution in [2.24, 2.45) is 5.92 Å². The van der Waals surface area contributed by atoms with Gasteiger partial charge in [-0.3, -0.25) is 4.79 Å². The van der Waals surface area contributed by atoms with Gasteiger partial charge in [-0.25, -0.2) is 4.68 Å². The highest BCUT2D eigenvalue weighted by molar-refractivity contribution is 7.99. The van der Waals surface area contributed by atoms with Gasteiger partial charge in [-0.2, -0.15) is 0 Å². The van der Waals surface area contributed by atoms with E-state index in [1.54, 1.807) is 0 Å². The minimum atomic E-state index is 0.0997. The molecule has 1 aliphatic heterocycles. The van der Waals surface area contributed by atoms with Crippen LogP contribution in [0.15, 0.2) is 29.4 Å². The number of nitrogen functional groups attached to an aromatic ring is 1. The Morgan fingerprint density at radius 2 is 1.81 bits per heavy atom. The summed E-state index contributed by atoms with van der Waals surface area (Å²) >= 11 is 1.35. The summed E-state index contributed by atoms with van der Waals surface area (Å²) in [4.78, 5) is 14.3. The molecule has 1 saturated heterocycles. The van der Waals surface area contributed by atoms with Crippen molar-refractivity contribution in [2.75, 3.05) is 24.7 Å². The fourth-order valence-corrected chi connectivity index (χ4v) is 3.93. The third kappa shape index (κ3) is 4.64. The highest BCUT2D eigenvalue weighted by Crippen LogP contribution is 2.27. The number of carbonyl (C=O) groups excluding carboxylic acids is 1. The first-order valence-corrected chi connectivity index (χ1v) is 10.5. The molecule has 0 radical (unpaired) electrons. The zero-order chi connectivity index (χ0) is 19.6. The summed E-state index contributed by atoms with van der Waals surface area (Å²) in [5.74, 6) is 7.99. The van der Waals surface area contributed by atoms with E-state index in [-0.39, 0.29) is 11.3 Å². The molecule has 0 saturated carbocycles. The molecule has 0 atom stereocenters. The fraction of sp³-hybridized carbons (Fsp3) is 0.550. The molecule has 2 heterocycles. The van der Waals surface area contributed by atoms with Crippen LogP contribution in [-0.2, 0) is 10.2 Å². The van der Waals surface area contributed by atoms with Gasteiger partial charge in [0.25, 0.3) is 0 Å². The summed E-state index contributed by atoms with van der Waals surface area (Å²) in [7, 11) is 0. The second-order valence-electron chi connectivity index (χ2n) is 8.36. The Bertz CT molecular complexity index is 786. The standard InChI is InChI=1S/C20H29N5OS/c1-14-9-11-24(12-10-14)17(26)13-27-19-23-22-18(25(19)21)15-5-7-16(8-6-15)20(2,3)4/h5-8,14H,9-13,21H2,1-4H3. The maximum absolute atomic E-state index is 12.4. The number of carbonyl (C=O) groups is 1. The molecule has 0 unspecified atom stereocenters. The van der Waals surface area contributed by atoms with Crippen LogP contribution in [-0.4, -0.2) is 44.5 Å². The molecule has 1 aromatic heterocycles. The lowest BCUT2D eigenvalue weighted by Gasteiger charge is -2.30. The van der Waals surface area contributed by atoms with Gasteiger partial charge in [-0.05, 0) is 29.7 Å². The van der Waals surface area contributed by atoms with Crippen molar-refractivity contribution >= 4 is 17.7 Å². The second kappa shape index (κ2) is 7.92. The number of piperidine rings is 1. The van der Waals surface area contributed by atoms with Crippen molar-refractivity contribution in [3.63, 3.8) is 0 Å². The molecular formula is C20H29N5OS. The number of benzene rings is 1. The van der Waals surface area contributed by atoms with E-state index >= 15 is 0 Å². The molecule has 0 bridgehead atoms. The second-order valence-corrected chi connectivity index (χ2v) is 9.30. The number of aromatic nitrogens is 3. The van der Waals surface area contributed by atoms with E-state index in [0.717, 1.165) is 31.5 Å². The van der Waals surface area contributed by atoms with E-state index in [2.05, 4.69) is 50.0 Å². The Morgan fingerprint density at radius 1 is 1.19 bits per heavy atom. The van der Waals surface area contributed by atoms with Gasteiger partial charge in [0.05, 0.1) is 5.75 Å². The highest BCUT2D eigenvalue weighted by Gasteiger charge is 2.21. The Kier molecular flexibility index (Phi) is 5.79. The molecule has 1 fully saturated rings. The minimum Gasteiger partial charge on any atom is -0.342 e. The van der Waals surface area contributed by atoms with Gasteiger partial charge in [-0.1, -0.05) is 63.7 Å². The van der Waals surface area contributed by atoms with Crippen LogP contribution in [0.25, 0.3) is 11.4 Å². The zero-order valence-electron chi connectivity index (χ0n) is 16.6. The van der Waals surface area contributed by atoms with Gasteiger partial charge < -0.3 is 10.7 Å². The Labute approximate surface area is 165 Å². The molecule has 2 aromatic rings. The van der Waals surface area contributed by atoms with E-state index in [4.69, 9.17) is 5.84 Å². The highest BCUT2D eigenvalue weighted by atomic mass is 32.2. The lowest BCUT2D eigenvalue weighted by atomic mass is 9.87. The van der Waals surface area contributed by atoms with Crippen molar-refractivity contribution in [2.45, 2.75) is 51.1 Å². The summed E-state index contributed by atoms with van der Waals surface area (Å²) in [5, 5.41) is 8.95. The Morgan fingerprint density at radius 3 is 2.41 bits per heavy atom. The summed E-state index contributed by atoms with van der Waals surface area (Å²) in [6.07, 6.45) is 2.16.